The third-order valence-corrected chi connectivity index (χ3v) is 22.8. The van der Waals surface area contributed by atoms with Crippen molar-refractivity contribution in [2.75, 3.05) is 62.4 Å². The first-order valence-corrected chi connectivity index (χ1v) is 40.5. The monoisotopic (exact) mass is 1670 g/mol. The van der Waals surface area contributed by atoms with E-state index in [1.807, 2.05) is 0 Å². The smallest absolute Gasteiger partial charge is 0.312 e. The van der Waals surface area contributed by atoms with Gasteiger partial charge in [-0.15, -0.1) is 0 Å². The first-order chi connectivity index (χ1) is 53.5. The Morgan fingerprint density at radius 3 is 1.54 bits per heavy atom. The van der Waals surface area contributed by atoms with Gasteiger partial charge in [-0.05, 0) is 51.4 Å². The third kappa shape index (κ3) is 29.3. The molecule has 0 unspecified atom stereocenters. The summed E-state index contributed by atoms with van der Waals surface area (Å²) in [4.78, 5) is 286. The van der Waals surface area contributed by atoms with Crippen molar-refractivity contribution in [3.05, 3.63) is 18.2 Å². The number of rotatable bonds is 19. The van der Waals surface area contributed by atoms with Gasteiger partial charge in [0.05, 0.1) is 45.3 Å². The van der Waals surface area contributed by atoms with Crippen molar-refractivity contribution in [3.8, 4) is 0 Å². The van der Waals surface area contributed by atoms with Crippen LogP contribution in [0.3, 0.4) is 0 Å². The van der Waals surface area contributed by atoms with E-state index >= 15 is 0 Å². The number of aliphatic hydroxyl groups is 2. The van der Waals surface area contributed by atoms with E-state index in [-0.39, 0.29) is 70.3 Å². The van der Waals surface area contributed by atoms with E-state index in [0.29, 0.717) is 0 Å². The lowest BCUT2D eigenvalue weighted by molar-refractivity contribution is -0.145. The van der Waals surface area contributed by atoms with Gasteiger partial charge in [-0.1, -0.05) is 63.4 Å². The van der Waals surface area contributed by atoms with Gasteiger partial charge in [-0.25, -0.2) is 9.78 Å². The van der Waals surface area contributed by atoms with Crippen LogP contribution in [-0.2, 0) is 97.5 Å². The van der Waals surface area contributed by atoms with Gasteiger partial charge in [-0.3, -0.25) is 91.1 Å². The van der Waals surface area contributed by atoms with E-state index in [2.05, 4.69) is 84.4 Å². The van der Waals surface area contributed by atoms with E-state index in [1.54, 1.807) is 6.92 Å². The number of hydrogen-bond donors (Lipinski definition) is 23. The molecule has 626 valence electrons. The van der Waals surface area contributed by atoms with Crippen LogP contribution in [0.5, 0.6) is 0 Å². The normalized spacial score (nSPS) is 27.9. The summed E-state index contributed by atoms with van der Waals surface area (Å²) in [7, 11) is 3.01. The van der Waals surface area contributed by atoms with Crippen molar-refractivity contribution >= 4 is 162 Å². The Balaban J connectivity index is 1.67. The zero-order chi connectivity index (χ0) is 83.9. The second-order valence-electron chi connectivity index (χ2n) is 26.5. The summed E-state index contributed by atoms with van der Waals surface area (Å²) in [6.45, 7) is 0.526. The molecule has 0 aromatic carbocycles. The zero-order valence-electron chi connectivity index (χ0n) is 61.6. The molecule has 16 atom stereocenters. The number of aliphatic carboxylic acids is 1. The van der Waals surface area contributed by atoms with Crippen LogP contribution in [0.2, 0.25) is 0 Å². The minimum Gasteiger partial charge on any atom is -0.481 e. The topological polar surface area (TPSA) is 736 Å². The van der Waals surface area contributed by atoms with E-state index in [4.69, 9.17) is 28.7 Å². The number of aromatic amines is 1. The molecule has 4 fully saturated rings. The number of urea groups is 1. The summed E-state index contributed by atoms with van der Waals surface area (Å²) < 4.78 is 0. The van der Waals surface area contributed by atoms with Crippen LogP contribution < -0.4 is 103 Å². The van der Waals surface area contributed by atoms with E-state index in [0.717, 1.165) is 53.0 Å². The predicted octanol–water partition coefficient (Wildman–Crippen LogP) is -11.8. The maximum atomic E-state index is 14.7. The highest BCUT2D eigenvalue weighted by atomic mass is 33.1. The Hall–Kier alpha value is -10.3. The molecule has 0 radical (unpaired) electrons. The van der Waals surface area contributed by atoms with Crippen molar-refractivity contribution in [1.82, 2.24) is 94.2 Å². The molecule has 4 saturated heterocycles. The Bertz CT molecular complexity index is 3660. The number of H-pyrrole nitrogens is 1. The molecule has 1 aromatic heterocycles. The van der Waals surface area contributed by atoms with Gasteiger partial charge in [0.1, 0.15) is 90.6 Å². The second-order valence-corrected chi connectivity index (χ2v) is 31.6. The molecule has 5 rings (SSSR count). The van der Waals surface area contributed by atoms with Crippen molar-refractivity contribution in [3.63, 3.8) is 0 Å². The molecule has 113 heavy (non-hydrogen) atoms. The van der Waals surface area contributed by atoms with Gasteiger partial charge in [0, 0.05) is 61.0 Å². The highest BCUT2D eigenvalue weighted by molar-refractivity contribution is 8.77. The van der Waals surface area contributed by atoms with Crippen molar-refractivity contribution in [1.29, 1.82) is 0 Å². The molecule has 1 aromatic rings. The molecule has 4 aliphatic heterocycles. The number of carboxylic acids is 1. The lowest BCUT2D eigenvalue weighted by Crippen LogP contribution is -2.62. The maximum Gasteiger partial charge on any atom is 0.312 e. The minimum atomic E-state index is -2.10. The van der Waals surface area contributed by atoms with E-state index < -0.39 is 283 Å². The molecule has 0 aliphatic carbocycles. The predicted molar refractivity (Wildman–Crippen MR) is 401 cm³/mol. The molecule has 28 N–H and O–H groups in total. The Kier molecular flexibility index (Phi) is 38.0. The Morgan fingerprint density at radius 2 is 1.02 bits per heavy atom. The zero-order valence-corrected chi connectivity index (χ0v) is 64.9. The summed E-state index contributed by atoms with van der Waals surface area (Å²) in [5.74, 6) is -25.4. The Labute approximate surface area is 661 Å². The minimum absolute atomic E-state index is 0.0129. The number of carbonyl (C=O) groups is 20. The molecular weight excluding hydrogens is 1580 g/mol. The number of primary amides is 4. The molecule has 50 heteroatoms. The summed E-state index contributed by atoms with van der Waals surface area (Å²) >= 11 is 0. The lowest BCUT2D eigenvalue weighted by Gasteiger charge is -2.31. The Morgan fingerprint density at radius 1 is 0.549 bits per heavy atom. The van der Waals surface area contributed by atoms with Crippen molar-refractivity contribution in [2.24, 2.45) is 34.6 Å². The number of carbonyl (C=O) groups excluding carboxylic acids is 19. The van der Waals surface area contributed by atoms with Crippen LogP contribution in [0.25, 0.3) is 0 Å². The van der Waals surface area contributed by atoms with Gasteiger partial charge in [0.15, 0.2) is 0 Å². The molecule has 5 heterocycles. The van der Waals surface area contributed by atoms with Gasteiger partial charge < -0.3 is 133 Å². The number of amides is 20. The summed E-state index contributed by atoms with van der Waals surface area (Å²) in [5, 5.41) is 64.5. The highest BCUT2D eigenvalue weighted by Gasteiger charge is 2.44. The molecule has 0 spiro atoms. The van der Waals surface area contributed by atoms with Crippen LogP contribution >= 0.6 is 43.2 Å². The van der Waals surface area contributed by atoms with Crippen LogP contribution in [-0.4, -0.2) is 306 Å². The number of fused-ring (bicyclic) bond motifs is 10. The molecule has 4 aliphatic rings. The maximum absolute atomic E-state index is 14.7. The van der Waals surface area contributed by atoms with Crippen LogP contribution in [0, 0.1) is 5.92 Å². The largest absolute Gasteiger partial charge is 0.481 e. The fourth-order valence-electron chi connectivity index (χ4n) is 11.7. The van der Waals surface area contributed by atoms with Crippen LogP contribution in [0.1, 0.15) is 90.7 Å². The first-order valence-electron chi connectivity index (χ1n) is 35.5. The average molecular weight is 1670 g/mol. The SMILES string of the molecule is CC[C@H](C)[C@@H]1NC(=O)[C@H](CC(=O)O)NC(=O)[C@@H]2CCCN2C(=O)[C@H](CC(N)=O)NC(=O)[C@H](CC(N)=O)NC(=O)[C@H](CCCNC(N)=O)NC(=O)[C@H](CO)NC(=O)[C@@H]2CSSC[C@H](NC(=O)CN)C(=O)N[C@@H](CSSC[C@@H](C(N)=O)NC1=O)C(=O)N[C@@H](CO)C(=O)N[C@@H](Cc1cnc[nH]1)C(=O)N1CCC[C@H]1C(=O)N[C@@H](C)C(=O)N2. The van der Waals surface area contributed by atoms with E-state index in [9.17, 15) is 111 Å². The number of nitrogens with two attached hydrogens (primary N) is 5. The summed E-state index contributed by atoms with van der Waals surface area (Å²) in [6.07, 6.45) is -1.46. The fraction of sp³-hybridized carbons (Fsp3) is 0.635. The number of carboxylic acid groups (broad SMARTS) is 1. The standard InChI is InChI=1S/C63H97N23O23S4/c1-4-27(2)47-60(106)81-37(48(67)94)22-110-112-25-40-57(103)80-36(21-88)54(100)77-33(14-29-19-69-26-71-29)61(107)85-12-6-9-41(85)58(104)72-28(3)49(95)82-39(24-113-111-23-38(55(101)83-40)73-45(91)18-64)56(102)79-35(20-87)53(99)74-30(8-5-11-70-63(68)109)50(96)75-31(15-43(65)89)51(97)78-34(16-44(66)90)62(108)86-13-7-10-42(86)59(105)76-32(17-46(92)93)52(98)84-47/h19,26-28,30-42,47,87-88H,4-18,20-25,64H2,1-3H3,(H2,65,89)(H2,66,90)(H2,67,94)(H,69,71)(H,72,104)(H,73,91)(H,74,99)(H,75,96)(H,76,105)(H,77,100)(H,78,97)(H,79,102)(H,80,103)(H,81,106)(H,82,95)(H,83,101)(H,84,98)(H,92,93)(H3,68,70,109)/t27-,28-,30-,31-,32-,33-,34-,35-,36-,37-,38-,39-,40-,41-,42-,47-/m0/s1. The number of nitrogens with zero attached hydrogens (tertiary/aromatic N) is 3. The lowest BCUT2D eigenvalue weighted by atomic mass is 9.97. The van der Waals surface area contributed by atoms with Crippen LogP contribution in [0.15, 0.2) is 12.5 Å². The fourth-order valence-corrected chi connectivity index (χ4v) is 16.4. The number of imidazole rings is 1. The number of aliphatic hydroxyl groups excluding tert-OH is 2. The van der Waals surface area contributed by atoms with E-state index in [1.165, 1.54) is 26.4 Å². The van der Waals surface area contributed by atoms with Crippen LogP contribution in [0.4, 0.5) is 4.79 Å². The van der Waals surface area contributed by atoms with Crippen molar-refractivity contribution < 1.29 is 111 Å². The summed E-state index contributed by atoms with van der Waals surface area (Å²) in [6, 6.07) is -27.5. The highest BCUT2D eigenvalue weighted by Crippen LogP contribution is 2.27. The second kappa shape index (κ2) is 46.0. The molecular formula is C63H97N23O23S4. The molecule has 46 nitrogen and oxygen atoms in total. The van der Waals surface area contributed by atoms with Gasteiger partial charge in [-0.2, -0.15) is 0 Å². The molecule has 2 bridgehead atoms. The quantitative estimate of drug-likeness (QED) is 0.0452. The third-order valence-electron chi connectivity index (χ3n) is 18.0. The van der Waals surface area contributed by atoms with Gasteiger partial charge in [0.2, 0.25) is 106 Å². The average Bonchev–Trinajstić information content (AvgIpc) is 1.73. The number of aromatic nitrogens is 2. The molecule has 0 saturated carbocycles. The summed E-state index contributed by atoms with van der Waals surface area (Å²) in [5.41, 5.74) is 28.0. The molecule has 20 amide bonds. The van der Waals surface area contributed by atoms with Gasteiger partial charge in [0.25, 0.3) is 0 Å². The number of nitrogens with one attached hydrogen (secondary N) is 15. The first kappa shape index (κ1) is 93.3. The van der Waals surface area contributed by atoms with Crippen molar-refractivity contribution in [2.45, 2.75) is 182 Å². The number of hydrogen-bond acceptors (Lipinski definition) is 28. The van der Waals surface area contributed by atoms with Gasteiger partial charge >= 0.3 is 12.0 Å².